The second kappa shape index (κ2) is 5.49. The number of carbonyl (C=O) groups excluding carboxylic acids is 1. The number of halogens is 1. The minimum absolute atomic E-state index is 0.223. The summed E-state index contributed by atoms with van der Waals surface area (Å²) in [5.74, 6) is 0.267. The Morgan fingerprint density at radius 2 is 2.11 bits per heavy atom. The summed E-state index contributed by atoms with van der Waals surface area (Å²) in [6, 6.07) is 5.73. The average Bonchev–Trinajstić information content (AvgIpc) is 2.42. The molecular formula is C13H14BrN3O. The molecule has 0 aliphatic heterocycles. The van der Waals surface area contributed by atoms with Crippen LogP contribution in [0.5, 0.6) is 0 Å². The first-order chi connectivity index (χ1) is 8.66. The van der Waals surface area contributed by atoms with Gasteiger partial charge in [-0.25, -0.2) is 4.98 Å². The van der Waals surface area contributed by atoms with Gasteiger partial charge in [0.15, 0.2) is 0 Å². The van der Waals surface area contributed by atoms with Crippen LogP contribution in [0, 0.1) is 16.7 Å². The van der Waals surface area contributed by atoms with Crippen molar-refractivity contribution in [3.63, 3.8) is 0 Å². The molecule has 94 valence electrons. The molecule has 1 saturated carbocycles. The van der Waals surface area contributed by atoms with Gasteiger partial charge in [-0.15, -0.1) is 0 Å². The van der Waals surface area contributed by atoms with E-state index >= 15 is 0 Å². The molecule has 1 aliphatic rings. The summed E-state index contributed by atoms with van der Waals surface area (Å²) in [6.45, 7) is 0. The Balaban J connectivity index is 2.11. The molecule has 4 nitrogen and oxygen atoms in total. The van der Waals surface area contributed by atoms with E-state index in [9.17, 15) is 10.1 Å². The van der Waals surface area contributed by atoms with Crippen LogP contribution >= 0.6 is 15.9 Å². The first-order valence-corrected chi connectivity index (χ1v) is 6.80. The van der Waals surface area contributed by atoms with Gasteiger partial charge in [-0.1, -0.05) is 19.3 Å². The zero-order valence-corrected chi connectivity index (χ0v) is 11.5. The largest absolute Gasteiger partial charge is 0.309 e. The van der Waals surface area contributed by atoms with Crippen molar-refractivity contribution in [3.05, 3.63) is 22.8 Å². The van der Waals surface area contributed by atoms with E-state index in [1.165, 1.54) is 0 Å². The Bertz CT molecular complexity index is 472. The zero-order valence-electron chi connectivity index (χ0n) is 9.95. The van der Waals surface area contributed by atoms with Crippen molar-refractivity contribution < 1.29 is 4.79 Å². The van der Waals surface area contributed by atoms with Gasteiger partial charge in [-0.05, 0) is 40.9 Å². The first-order valence-electron chi connectivity index (χ1n) is 6.00. The molecule has 1 fully saturated rings. The Hall–Kier alpha value is -1.41. The molecule has 0 radical (unpaired) electrons. The van der Waals surface area contributed by atoms with Gasteiger partial charge in [-0.3, -0.25) is 4.79 Å². The minimum Gasteiger partial charge on any atom is -0.309 e. The maximum Gasteiger partial charge on any atom is 0.246 e. The molecule has 0 atom stereocenters. The fraction of sp³-hybridized carbons (Fsp3) is 0.462. The molecule has 18 heavy (non-hydrogen) atoms. The number of nitriles is 1. The number of carbonyl (C=O) groups is 1. The quantitative estimate of drug-likeness (QED) is 0.912. The van der Waals surface area contributed by atoms with Crippen molar-refractivity contribution in [2.24, 2.45) is 5.41 Å². The second-order valence-electron chi connectivity index (χ2n) is 4.57. The summed E-state index contributed by atoms with van der Waals surface area (Å²) in [6.07, 6.45) is 5.89. The molecule has 1 heterocycles. The molecule has 0 bridgehead atoms. The lowest BCUT2D eigenvalue weighted by atomic mass is 9.74. The van der Waals surface area contributed by atoms with Gasteiger partial charge in [0, 0.05) is 10.7 Å². The molecule has 0 saturated heterocycles. The lowest BCUT2D eigenvalue weighted by molar-refractivity contribution is -0.124. The van der Waals surface area contributed by atoms with Gasteiger partial charge in [0.2, 0.25) is 5.91 Å². The predicted molar refractivity (Wildman–Crippen MR) is 71.7 cm³/mol. The summed E-state index contributed by atoms with van der Waals surface area (Å²) in [4.78, 5) is 16.3. The molecule has 2 rings (SSSR count). The molecule has 1 aromatic rings. The normalized spacial score (nSPS) is 17.8. The monoisotopic (exact) mass is 307 g/mol. The highest BCUT2D eigenvalue weighted by molar-refractivity contribution is 9.10. The van der Waals surface area contributed by atoms with E-state index in [0.717, 1.165) is 23.7 Å². The number of amides is 1. The molecule has 1 N–H and O–H groups in total. The summed E-state index contributed by atoms with van der Waals surface area (Å²) in [5, 5.41) is 12.0. The minimum atomic E-state index is -0.868. The third kappa shape index (κ3) is 2.70. The van der Waals surface area contributed by atoms with Crippen LogP contribution in [0.2, 0.25) is 0 Å². The van der Waals surface area contributed by atoms with Crippen molar-refractivity contribution in [3.8, 4) is 6.07 Å². The Morgan fingerprint density at radius 1 is 1.39 bits per heavy atom. The zero-order chi connectivity index (χ0) is 13.0. The molecule has 0 unspecified atom stereocenters. The average molecular weight is 308 g/mol. The number of nitrogens with one attached hydrogen (secondary N) is 1. The number of aromatic nitrogens is 1. The maximum absolute atomic E-state index is 12.2. The Kier molecular flexibility index (Phi) is 3.97. The van der Waals surface area contributed by atoms with E-state index in [1.54, 1.807) is 12.3 Å². The van der Waals surface area contributed by atoms with E-state index in [-0.39, 0.29) is 5.91 Å². The standard InChI is InChI=1S/C13H14BrN3O/c14-10-4-5-11(16-8-10)17-12(18)13(9-15)6-2-1-3-7-13/h4-5,8H,1-3,6-7H2,(H,16,17,18). The lowest BCUT2D eigenvalue weighted by Gasteiger charge is -2.28. The van der Waals surface area contributed by atoms with Gasteiger partial charge >= 0.3 is 0 Å². The first kappa shape index (κ1) is 13.0. The van der Waals surface area contributed by atoms with E-state index in [2.05, 4.69) is 32.3 Å². The van der Waals surface area contributed by atoms with Crippen molar-refractivity contribution >= 4 is 27.7 Å². The second-order valence-corrected chi connectivity index (χ2v) is 5.49. The summed E-state index contributed by atoms with van der Waals surface area (Å²) in [5.41, 5.74) is -0.868. The van der Waals surface area contributed by atoms with E-state index in [0.29, 0.717) is 18.7 Å². The van der Waals surface area contributed by atoms with Crippen molar-refractivity contribution in [1.29, 1.82) is 5.26 Å². The maximum atomic E-state index is 12.2. The van der Waals surface area contributed by atoms with Crippen molar-refractivity contribution in [2.45, 2.75) is 32.1 Å². The highest BCUT2D eigenvalue weighted by Gasteiger charge is 2.39. The number of hydrogen-bond donors (Lipinski definition) is 1. The predicted octanol–water partition coefficient (Wildman–Crippen LogP) is 3.26. The summed E-state index contributed by atoms with van der Waals surface area (Å²) < 4.78 is 0.855. The number of pyridine rings is 1. The number of rotatable bonds is 2. The Labute approximate surface area is 115 Å². The van der Waals surface area contributed by atoms with Crippen LogP contribution in [0.3, 0.4) is 0 Å². The number of nitrogens with zero attached hydrogens (tertiary/aromatic N) is 2. The number of anilines is 1. The highest BCUT2D eigenvalue weighted by Crippen LogP contribution is 2.36. The van der Waals surface area contributed by atoms with Crippen LogP contribution in [-0.2, 0) is 4.79 Å². The lowest BCUT2D eigenvalue weighted by Crippen LogP contribution is -2.37. The SMILES string of the molecule is N#CC1(C(=O)Nc2ccc(Br)cn2)CCCCC1. The van der Waals surface area contributed by atoms with E-state index in [1.807, 2.05) is 6.07 Å². The van der Waals surface area contributed by atoms with Gasteiger partial charge in [0.1, 0.15) is 11.2 Å². The van der Waals surface area contributed by atoms with Gasteiger partial charge < -0.3 is 5.32 Å². The highest BCUT2D eigenvalue weighted by atomic mass is 79.9. The van der Waals surface area contributed by atoms with Crippen LogP contribution in [-0.4, -0.2) is 10.9 Å². The fourth-order valence-electron chi connectivity index (χ4n) is 2.23. The van der Waals surface area contributed by atoms with E-state index < -0.39 is 5.41 Å². The molecular weight excluding hydrogens is 294 g/mol. The van der Waals surface area contributed by atoms with Gasteiger partial charge in [0.25, 0.3) is 0 Å². The van der Waals surface area contributed by atoms with Crippen LogP contribution in [0.4, 0.5) is 5.82 Å². The molecule has 1 aromatic heterocycles. The van der Waals surface area contributed by atoms with Crippen molar-refractivity contribution in [2.75, 3.05) is 5.32 Å². The summed E-state index contributed by atoms with van der Waals surface area (Å²) in [7, 11) is 0. The van der Waals surface area contributed by atoms with Crippen LogP contribution in [0.15, 0.2) is 22.8 Å². The summed E-state index contributed by atoms with van der Waals surface area (Å²) >= 11 is 3.28. The van der Waals surface area contributed by atoms with Crippen molar-refractivity contribution in [1.82, 2.24) is 4.98 Å². The van der Waals surface area contributed by atoms with Gasteiger partial charge in [-0.2, -0.15) is 5.26 Å². The third-order valence-electron chi connectivity index (χ3n) is 3.32. The van der Waals surface area contributed by atoms with Crippen LogP contribution in [0.1, 0.15) is 32.1 Å². The smallest absolute Gasteiger partial charge is 0.246 e. The molecule has 0 spiro atoms. The van der Waals surface area contributed by atoms with Crippen LogP contribution < -0.4 is 5.32 Å². The topological polar surface area (TPSA) is 65.8 Å². The number of hydrogen-bond acceptors (Lipinski definition) is 3. The Morgan fingerprint density at radius 3 is 2.67 bits per heavy atom. The van der Waals surface area contributed by atoms with E-state index in [4.69, 9.17) is 0 Å². The third-order valence-corrected chi connectivity index (χ3v) is 3.79. The molecule has 1 amide bonds. The van der Waals surface area contributed by atoms with Crippen LogP contribution in [0.25, 0.3) is 0 Å². The fourth-order valence-corrected chi connectivity index (χ4v) is 2.47. The van der Waals surface area contributed by atoms with Gasteiger partial charge in [0.05, 0.1) is 6.07 Å². The molecule has 1 aliphatic carbocycles. The molecule has 5 heteroatoms. The molecule has 0 aromatic carbocycles.